The second-order valence-corrected chi connectivity index (χ2v) is 7.91. The molecule has 0 fully saturated rings. The van der Waals surface area contributed by atoms with Gasteiger partial charge in [-0.1, -0.05) is 17.7 Å². The Morgan fingerprint density at radius 1 is 1.14 bits per heavy atom. The molecule has 6 nitrogen and oxygen atoms in total. The highest BCUT2D eigenvalue weighted by Gasteiger charge is 2.11. The van der Waals surface area contributed by atoms with Crippen molar-refractivity contribution in [2.75, 3.05) is 5.32 Å². The fraction of sp³-hybridized carbons (Fsp3) is 0.0952. The molecule has 1 amide bonds. The molecule has 2 aromatic heterocycles. The lowest BCUT2D eigenvalue weighted by atomic mass is 10.2. The zero-order chi connectivity index (χ0) is 20.2. The lowest BCUT2D eigenvalue weighted by Crippen LogP contribution is -2.10. The minimum Gasteiger partial charge on any atom is -0.484 e. The third kappa shape index (κ3) is 4.82. The molecule has 2 aromatic carbocycles. The summed E-state index contributed by atoms with van der Waals surface area (Å²) in [6.45, 7) is 2.08. The molecule has 0 unspecified atom stereocenters. The van der Waals surface area contributed by atoms with Gasteiger partial charge in [0.2, 0.25) is 5.89 Å². The summed E-state index contributed by atoms with van der Waals surface area (Å²) in [5, 5.41) is 11.5. The molecular weight excluding hydrogens is 410 g/mol. The van der Waals surface area contributed by atoms with Crippen LogP contribution in [0.5, 0.6) is 5.75 Å². The molecule has 0 saturated carbocycles. The van der Waals surface area contributed by atoms with Crippen LogP contribution in [0.4, 0.5) is 5.69 Å². The third-order valence-corrected chi connectivity index (χ3v) is 5.23. The second-order valence-electron chi connectivity index (χ2n) is 6.19. The van der Waals surface area contributed by atoms with Crippen molar-refractivity contribution in [2.24, 2.45) is 0 Å². The van der Waals surface area contributed by atoms with Crippen molar-refractivity contribution < 1.29 is 13.9 Å². The first-order valence-electron chi connectivity index (χ1n) is 8.76. The van der Waals surface area contributed by atoms with Crippen LogP contribution in [0.3, 0.4) is 0 Å². The summed E-state index contributed by atoms with van der Waals surface area (Å²) in [6.07, 6.45) is 0. The number of anilines is 1. The van der Waals surface area contributed by atoms with E-state index >= 15 is 0 Å². The number of rotatable bonds is 6. The number of thiophene rings is 1. The van der Waals surface area contributed by atoms with Crippen molar-refractivity contribution in [2.45, 2.75) is 13.5 Å². The zero-order valence-corrected chi connectivity index (χ0v) is 17.0. The lowest BCUT2D eigenvalue weighted by molar-refractivity contribution is 0.103. The minimum atomic E-state index is -0.148. The number of nitrogens with zero attached hydrogens (tertiary/aromatic N) is 2. The van der Waals surface area contributed by atoms with E-state index in [9.17, 15) is 4.79 Å². The van der Waals surface area contributed by atoms with E-state index in [1.807, 2.05) is 31.2 Å². The Bertz CT molecular complexity index is 1140. The highest BCUT2D eigenvalue weighted by atomic mass is 35.5. The van der Waals surface area contributed by atoms with E-state index in [-0.39, 0.29) is 12.5 Å². The van der Waals surface area contributed by atoms with Crippen molar-refractivity contribution in [3.63, 3.8) is 0 Å². The van der Waals surface area contributed by atoms with Crippen molar-refractivity contribution in [3.05, 3.63) is 81.3 Å². The summed E-state index contributed by atoms with van der Waals surface area (Å²) in [4.78, 5) is 14.0. The largest absolute Gasteiger partial charge is 0.484 e. The number of nitrogens with one attached hydrogen (secondary N) is 1. The molecule has 1 N–H and O–H groups in total. The number of carbonyl (C=O) groups excluding carboxylic acids is 1. The molecule has 146 valence electrons. The number of amides is 1. The number of ether oxygens (including phenoxy) is 1. The first-order chi connectivity index (χ1) is 14.1. The predicted molar refractivity (Wildman–Crippen MR) is 113 cm³/mol. The molecule has 0 aliphatic heterocycles. The van der Waals surface area contributed by atoms with Crippen LogP contribution in [0, 0.1) is 6.92 Å². The monoisotopic (exact) mass is 425 g/mol. The molecule has 0 bridgehead atoms. The van der Waals surface area contributed by atoms with Gasteiger partial charge < -0.3 is 14.5 Å². The molecule has 2 heterocycles. The van der Waals surface area contributed by atoms with Gasteiger partial charge in [0.1, 0.15) is 5.75 Å². The smallest absolute Gasteiger partial charge is 0.265 e. The predicted octanol–water partition coefficient (Wildman–Crippen LogP) is 5.59. The fourth-order valence-electron chi connectivity index (χ4n) is 2.58. The standard InChI is InChI=1S/C21H16ClN3O3S/c1-13-5-10-18(29-13)20(26)23-16-3-2-4-17(11-16)27-12-19-24-25-21(28-19)14-6-8-15(22)9-7-14/h2-11H,12H2,1H3,(H,23,26). The van der Waals surface area contributed by atoms with E-state index in [1.165, 1.54) is 11.3 Å². The van der Waals surface area contributed by atoms with E-state index in [2.05, 4.69) is 15.5 Å². The molecule has 0 saturated heterocycles. The van der Waals surface area contributed by atoms with E-state index in [0.29, 0.717) is 33.1 Å². The van der Waals surface area contributed by atoms with Gasteiger partial charge in [-0.3, -0.25) is 4.79 Å². The molecule has 29 heavy (non-hydrogen) atoms. The average molecular weight is 426 g/mol. The van der Waals surface area contributed by atoms with Gasteiger partial charge in [-0.15, -0.1) is 21.5 Å². The maximum atomic E-state index is 12.3. The van der Waals surface area contributed by atoms with E-state index in [4.69, 9.17) is 20.8 Å². The highest BCUT2D eigenvalue weighted by molar-refractivity contribution is 7.14. The Labute approximate surface area is 176 Å². The van der Waals surface area contributed by atoms with Crippen molar-refractivity contribution in [3.8, 4) is 17.2 Å². The quantitative estimate of drug-likeness (QED) is 0.435. The molecule has 0 aliphatic rings. The van der Waals surface area contributed by atoms with Gasteiger partial charge in [0.05, 0.1) is 4.88 Å². The molecular formula is C21H16ClN3O3S. The number of aryl methyl sites for hydroxylation is 1. The number of hydrogen-bond donors (Lipinski definition) is 1. The van der Waals surface area contributed by atoms with Crippen molar-refractivity contribution in [1.29, 1.82) is 0 Å². The van der Waals surface area contributed by atoms with Crippen LogP contribution in [-0.4, -0.2) is 16.1 Å². The molecule has 0 spiro atoms. The van der Waals surface area contributed by atoms with Crippen LogP contribution >= 0.6 is 22.9 Å². The minimum absolute atomic E-state index is 0.113. The molecule has 8 heteroatoms. The van der Waals surface area contributed by atoms with Gasteiger partial charge in [0, 0.05) is 27.2 Å². The molecule has 0 aliphatic carbocycles. The number of hydrogen-bond acceptors (Lipinski definition) is 6. The maximum absolute atomic E-state index is 12.3. The Hall–Kier alpha value is -3.16. The summed E-state index contributed by atoms with van der Waals surface area (Å²) >= 11 is 7.34. The summed E-state index contributed by atoms with van der Waals surface area (Å²) < 4.78 is 11.4. The van der Waals surface area contributed by atoms with Gasteiger partial charge in [0.25, 0.3) is 11.8 Å². The topological polar surface area (TPSA) is 77.2 Å². The average Bonchev–Trinajstić information content (AvgIpc) is 3.36. The number of halogens is 1. The van der Waals surface area contributed by atoms with Crippen LogP contribution in [0.2, 0.25) is 5.02 Å². The highest BCUT2D eigenvalue weighted by Crippen LogP contribution is 2.23. The molecule has 4 rings (SSSR count). The third-order valence-electron chi connectivity index (χ3n) is 3.98. The Balaban J connectivity index is 1.38. The Morgan fingerprint density at radius 3 is 2.72 bits per heavy atom. The van der Waals surface area contributed by atoms with Gasteiger partial charge in [-0.2, -0.15) is 0 Å². The Morgan fingerprint density at radius 2 is 1.97 bits per heavy atom. The summed E-state index contributed by atoms with van der Waals surface area (Å²) in [6, 6.07) is 18.0. The molecule has 0 atom stereocenters. The maximum Gasteiger partial charge on any atom is 0.265 e. The van der Waals surface area contributed by atoms with E-state index in [1.54, 1.807) is 36.4 Å². The van der Waals surface area contributed by atoms with Gasteiger partial charge >= 0.3 is 0 Å². The van der Waals surface area contributed by atoms with Crippen LogP contribution in [0.15, 0.2) is 65.1 Å². The fourth-order valence-corrected chi connectivity index (χ4v) is 3.47. The van der Waals surface area contributed by atoms with Crippen molar-refractivity contribution in [1.82, 2.24) is 10.2 Å². The van der Waals surface area contributed by atoms with E-state index < -0.39 is 0 Å². The number of aromatic nitrogens is 2. The SMILES string of the molecule is Cc1ccc(C(=O)Nc2cccc(OCc3nnc(-c4ccc(Cl)cc4)o3)c2)s1. The molecule has 4 aromatic rings. The van der Waals surface area contributed by atoms with Crippen LogP contribution in [0.25, 0.3) is 11.5 Å². The van der Waals surface area contributed by atoms with Crippen LogP contribution in [-0.2, 0) is 6.61 Å². The van der Waals surface area contributed by atoms with Crippen molar-refractivity contribution >= 4 is 34.5 Å². The second kappa shape index (κ2) is 8.46. The Kier molecular flexibility index (Phi) is 5.59. The summed E-state index contributed by atoms with van der Waals surface area (Å²) in [5.41, 5.74) is 1.42. The zero-order valence-electron chi connectivity index (χ0n) is 15.4. The first-order valence-corrected chi connectivity index (χ1v) is 9.95. The van der Waals surface area contributed by atoms with Crippen LogP contribution < -0.4 is 10.1 Å². The van der Waals surface area contributed by atoms with Gasteiger partial charge in [-0.05, 0) is 55.5 Å². The first kappa shape index (κ1) is 19.2. The van der Waals surface area contributed by atoms with E-state index in [0.717, 1.165) is 10.4 Å². The molecule has 0 radical (unpaired) electrons. The normalized spacial score (nSPS) is 10.7. The van der Waals surface area contributed by atoms with Gasteiger partial charge in [-0.25, -0.2) is 0 Å². The summed E-state index contributed by atoms with van der Waals surface area (Å²) in [5.74, 6) is 1.17. The number of benzene rings is 2. The van der Waals surface area contributed by atoms with Gasteiger partial charge in [0.15, 0.2) is 6.61 Å². The number of carbonyl (C=O) groups is 1. The van der Waals surface area contributed by atoms with Crippen LogP contribution in [0.1, 0.15) is 20.4 Å². The summed E-state index contributed by atoms with van der Waals surface area (Å²) in [7, 11) is 0. The lowest BCUT2D eigenvalue weighted by Gasteiger charge is -2.07.